The molecule has 0 radical (unpaired) electrons. The van der Waals surface area contributed by atoms with Crippen LogP contribution in [-0.2, 0) is 9.59 Å². The number of carbonyl (C=O) groups excluding carboxylic acids is 2. The van der Waals surface area contributed by atoms with Gasteiger partial charge in [0.15, 0.2) is 0 Å². The molecule has 2 amide bonds. The fraction of sp³-hybridized carbons (Fsp3) is 0.556. The summed E-state index contributed by atoms with van der Waals surface area (Å²) in [5.74, 6) is -0.735. The van der Waals surface area contributed by atoms with E-state index in [-0.39, 0.29) is 42.7 Å². The lowest BCUT2D eigenvalue weighted by molar-refractivity contribution is -0.126. The van der Waals surface area contributed by atoms with E-state index in [1.165, 1.54) is 0 Å². The van der Waals surface area contributed by atoms with Crippen LogP contribution in [0.4, 0.5) is 5.69 Å². The van der Waals surface area contributed by atoms with Gasteiger partial charge in [-0.15, -0.1) is 0 Å². The molecule has 1 aromatic rings. The van der Waals surface area contributed by atoms with Gasteiger partial charge in [0.2, 0.25) is 11.8 Å². The number of benzene rings is 1. The summed E-state index contributed by atoms with van der Waals surface area (Å²) in [6.45, 7) is 2.30. The minimum atomic E-state index is -0.574. The minimum absolute atomic E-state index is 0.0429. The Kier molecular flexibility index (Phi) is 4.87. The van der Waals surface area contributed by atoms with Crippen LogP contribution in [-0.4, -0.2) is 47.3 Å². The van der Waals surface area contributed by atoms with Gasteiger partial charge in [0.25, 0.3) is 0 Å². The summed E-state index contributed by atoms with van der Waals surface area (Å²) in [6, 6.07) is 7.56. The van der Waals surface area contributed by atoms with Gasteiger partial charge in [0.05, 0.1) is 12.0 Å². The Morgan fingerprint density at radius 3 is 2.62 bits per heavy atom. The van der Waals surface area contributed by atoms with E-state index in [2.05, 4.69) is 5.32 Å². The maximum absolute atomic E-state index is 12.4. The third-order valence-corrected chi connectivity index (χ3v) is 5.08. The van der Waals surface area contributed by atoms with Gasteiger partial charge in [-0.05, 0) is 31.9 Å². The second kappa shape index (κ2) is 6.91. The number of nitrogens with zero attached hydrogens (tertiary/aromatic N) is 1. The third kappa shape index (κ3) is 3.44. The van der Waals surface area contributed by atoms with Gasteiger partial charge in [0.1, 0.15) is 0 Å². The minimum Gasteiger partial charge on any atom is -0.396 e. The molecule has 2 aliphatic rings. The number of anilines is 1. The van der Waals surface area contributed by atoms with Crippen LogP contribution in [0.5, 0.6) is 0 Å². The predicted molar refractivity (Wildman–Crippen MR) is 89.4 cm³/mol. The van der Waals surface area contributed by atoms with Crippen LogP contribution in [0.2, 0.25) is 0 Å². The first-order valence-corrected chi connectivity index (χ1v) is 8.44. The zero-order chi connectivity index (χ0) is 17.3. The average Bonchev–Trinajstić information content (AvgIpc) is 3.11. The van der Waals surface area contributed by atoms with Gasteiger partial charge >= 0.3 is 0 Å². The SMILES string of the molecule is Cc1ccc(N2C[C@@H](C(=O)N[C@@H]3C[C@H](CO)[C@H](O)C3)CC2=O)cc1. The van der Waals surface area contributed by atoms with Crippen molar-refractivity contribution in [3.05, 3.63) is 29.8 Å². The van der Waals surface area contributed by atoms with E-state index in [9.17, 15) is 19.8 Å². The molecule has 2 fully saturated rings. The molecule has 0 aromatic heterocycles. The quantitative estimate of drug-likeness (QED) is 0.753. The van der Waals surface area contributed by atoms with Crippen LogP contribution < -0.4 is 10.2 Å². The van der Waals surface area contributed by atoms with E-state index in [1.54, 1.807) is 4.90 Å². The lowest BCUT2D eigenvalue weighted by Gasteiger charge is -2.18. The number of rotatable bonds is 4. The molecule has 1 saturated heterocycles. The highest BCUT2D eigenvalue weighted by Crippen LogP contribution is 2.28. The van der Waals surface area contributed by atoms with Gasteiger partial charge in [-0.3, -0.25) is 9.59 Å². The van der Waals surface area contributed by atoms with Crippen molar-refractivity contribution in [1.29, 1.82) is 0 Å². The summed E-state index contributed by atoms with van der Waals surface area (Å²) in [6.07, 6.45) is 0.665. The van der Waals surface area contributed by atoms with Crippen molar-refractivity contribution < 1.29 is 19.8 Å². The Morgan fingerprint density at radius 2 is 2.00 bits per heavy atom. The van der Waals surface area contributed by atoms with E-state index in [1.807, 2.05) is 31.2 Å². The van der Waals surface area contributed by atoms with Gasteiger partial charge < -0.3 is 20.4 Å². The van der Waals surface area contributed by atoms with Crippen molar-refractivity contribution in [3.8, 4) is 0 Å². The Labute approximate surface area is 141 Å². The summed E-state index contributed by atoms with van der Waals surface area (Å²) in [5.41, 5.74) is 1.94. The highest BCUT2D eigenvalue weighted by Gasteiger charge is 2.38. The lowest BCUT2D eigenvalue weighted by Crippen LogP contribution is -2.39. The van der Waals surface area contributed by atoms with Crippen LogP contribution >= 0.6 is 0 Å². The predicted octanol–water partition coefficient (Wildman–Crippen LogP) is 0.596. The molecule has 0 unspecified atom stereocenters. The van der Waals surface area contributed by atoms with E-state index in [4.69, 9.17) is 0 Å². The molecule has 3 rings (SSSR count). The van der Waals surface area contributed by atoms with Gasteiger partial charge in [-0.1, -0.05) is 17.7 Å². The molecule has 3 N–H and O–H groups in total. The summed E-state index contributed by atoms with van der Waals surface area (Å²) >= 11 is 0. The number of amides is 2. The normalized spacial score (nSPS) is 30.0. The van der Waals surface area contributed by atoms with Crippen LogP contribution in [0.3, 0.4) is 0 Å². The lowest BCUT2D eigenvalue weighted by atomic mass is 10.1. The third-order valence-electron chi connectivity index (χ3n) is 5.08. The molecule has 1 heterocycles. The Morgan fingerprint density at radius 1 is 1.29 bits per heavy atom. The van der Waals surface area contributed by atoms with Crippen molar-refractivity contribution >= 4 is 17.5 Å². The van der Waals surface area contributed by atoms with E-state index in [0.717, 1.165) is 11.3 Å². The number of nitrogens with one attached hydrogen (secondary N) is 1. The molecule has 6 heteroatoms. The first-order valence-electron chi connectivity index (χ1n) is 8.44. The smallest absolute Gasteiger partial charge is 0.227 e. The molecule has 1 aliphatic carbocycles. The molecule has 1 aliphatic heterocycles. The maximum Gasteiger partial charge on any atom is 0.227 e. The molecule has 1 aromatic carbocycles. The monoisotopic (exact) mass is 332 g/mol. The Bertz CT molecular complexity index is 616. The van der Waals surface area contributed by atoms with E-state index >= 15 is 0 Å². The highest BCUT2D eigenvalue weighted by molar-refractivity contribution is 6.00. The van der Waals surface area contributed by atoms with Crippen molar-refractivity contribution in [2.75, 3.05) is 18.1 Å². The Hall–Kier alpha value is -1.92. The molecule has 1 saturated carbocycles. The second-order valence-corrected chi connectivity index (χ2v) is 6.93. The largest absolute Gasteiger partial charge is 0.396 e. The number of aliphatic hydroxyl groups is 2. The average molecular weight is 332 g/mol. The molecule has 0 bridgehead atoms. The van der Waals surface area contributed by atoms with Crippen molar-refractivity contribution in [1.82, 2.24) is 5.32 Å². The Balaban J connectivity index is 1.59. The molecule has 24 heavy (non-hydrogen) atoms. The van der Waals surface area contributed by atoms with Crippen LogP contribution in [0.1, 0.15) is 24.8 Å². The highest BCUT2D eigenvalue weighted by atomic mass is 16.3. The molecule has 130 valence electrons. The van der Waals surface area contributed by atoms with Gasteiger partial charge in [-0.25, -0.2) is 0 Å². The molecule has 0 spiro atoms. The number of aryl methyl sites for hydroxylation is 1. The van der Waals surface area contributed by atoms with Gasteiger partial charge in [0, 0.05) is 37.2 Å². The fourth-order valence-electron chi connectivity index (χ4n) is 3.59. The van der Waals surface area contributed by atoms with Crippen molar-refractivity contribution in [3.63, 3.8) is 0 Å². The number of aliphatic hydroxyl groups excluding tert-OH is 2. The summed E-state index contributed by atoms with van der Waals surface area (Å²) < 4.78 is 0. The second-order valence-electron chi connectivity index (χ2n) is 6.93. The van der Waals surface area contributed by atoms with Crippen molar-refractivity contribution in [2.24, 2.45) is 11.8 Å². The topological polar surface area (TPSA) is 89.9 Å². The molecule has 4 atom stereocenters. The van der Waals surface area contributed by atoms with E-state index in [0.29, 0.717) is 19.4 Å². The van der Waals surface area contributed by atoms with Crippen LogP contribution in [0.25, 0.3) is 0 Å². The molecular formula is C18H24N2O4. The van der Waals surface area contributed by atoms with Crippen LogP contribution in [0.15, 0.2) is 24.3 Å². The summed E-state index contributed by atoms with van der Waals surface area (Å²) in [5, 5.41) is 21.9. The standard InChI is InChI=1S/C18H24N2O4/c1-11-2-4-15(5-3-11)20-9-12(7-17(20)23)18(24)19-14-6-13(10-21)16(22)8-14/h2-5,12-14,16,21-22H,6-10H2,1H3,(H,19,24)/t12-,13+,14+,16+/m0/s1. The van der Waals surface area contributed by atoms with Crippen molar-refractivity contribution in [2.45, 2.75) is 38.3 Å². The first-order chi connectivity index (χ1) is 11.5. The fourth-order valence-corrected chi connectivity index (χ4v) is 3.59. The van der Waals surface area contributed by atoms with Gasteiger partial charge in [-0.2, -0.15) is 0 Å². The maximum atomic E-state index is 12.4. The summed E-state index contributed by atoms with van der Waals surface area (Å²) in [7, 11) is 0. The molecule has 6 nitrogen and oxygen atoms in total. The molecular weight excluding hydrogens is 308 g/mol. The first kappa shape index (κ1) is 16.9. The number of carbonyl (C=O) groups is 2. The zero-order valence-corrected chi connectivity index (χ0v) is 13.8. The zero-order valence-electron chi connectivity index (χ0n) is 13.8. The summed E-state index contributed by atoms with van der Waals surface area (Å²) in [4.78, 5) is 26.3. The number of hydrogen-bond acceptors (Lipinski definition) is 4. The number of hydrogen-bond donors (Lipinski definition) is 3. The van der Waals surface area contributed by atoms with Crippen LogP contribution in [0, 0.1) is 18.8 Å². The van der Waals surface area contributed by atoms with E-state index < -0.39 is 6.10 Å².